The second-order valence-electron chi connectivity index (χ2n) is 5.41. The molecule has 0 spiro atoms. The molecule has 1 heterocycles. The van der Waals surface area contributed by atoms with Gasteiger partial charge in [-0.25, -0.2) is 0 Å². The van der Waals surface area contributed by atoms with Gasteiger partial charge in [-0.2, -0.15) is 8.78 Å². The van der Waals surface area contributed by atoms with Crippen molar-refractivity contribution in [2.75, 3.05) is 19.6 Å². The van der Waals surface area contributed by atoms with Crippen molar-refractivity contribution in [1.29, 1.82) is 0 Å². The van der Waals surface area contributed by atoms with E-state index in [1.165, 1.54) is 12.1 Å². The molecule has 1 saturated heterocycles. The first-order valence-corrected chi connectivity index (χ1v) is 6.47. The monoisotopic (exact) mass is 284 g/mol. The van der Waals surface area contributed by atoms with Crippen LogP contribution in [0.25, 0.3) is 0 Å². The fourth-order valence-corrected chi connectivity index (χ4v) is 2.33. The lowest BCUT2D eigenvalue weighted by atomic mass is 10.0. The summed E-state index contributed by atoms with van der Waals surface area (Å²) in [6.45, 7) is 2.79. The van der Waals surface area contributed by atoms with Crippen LogP contribution in [0.4, 0.5) is 8.78 Å². The Kier molecular flexibility index (Phi) is 4.23. The van der Waals surface area contributed by atoms with Crippen LogP contribution in [-0.4, -0.2) is 42.6 Å². The van der Waals surface area contributed by atoms with Crippen LogP contribution in [-0.2, 0) is 0 Å². The number of halogens is 2. The minimum atomic E-state index is -2.94. The fourth-order valence-electron chi connectivity index (χ4n) is 2.33. The number of benzene rings is 1. The maximum absolute atomic E-state index is 12.5. The molecule has 1 aliphatic rings. The van der Waals surface area contributed by atoms with Gasteiger partial charge in [0, 0.05) is 25.2 Å². The number of ether oxygens (including phenoxy) is 1. The fraction of sp³-hybridized carbons (Fsp3) is 0.500. The quantitative estimate of drug-likeness (QED) is 0.924. The summed E-state index contributed by atoms with van der Waals surface area (Å²) in [5.74, 6) is -0.361. The first-order valence-electron chi connectivity index (χ1n) is 6.47. The van der Waals surface area contributed by atoms with Gasteiger partial charge in [0.05, 0.1) is 5.56 Å². The molecular formula is C14H18F2N2O2. The molecule has 0 saturated carbocycles. The molecule has 1 aromatic carbocycles. The van der Waals surface area contributed by atoms with Crippen LogP contribution in [0.5, 0.6) is 5.75 Å². The molecule has 1 fully saturated rings. The average molecular weight is 284 g/mol. The third-order valence-corrected chi connectivity index (χ3v) is 3.19. The number of nitrogens with zero attached hydrogens (tertiary/aromatic N) is 1. The summed E-state index contributed by atoms with van der Waals surface area (Å²) in [7, 11) is 0. The zero-order valence-electron chi connectivity index (χ0n) is 11.5. The van der Waals surface area contributed by atoms with Crippen LogP contribution in [0.1, 0.15) is 24.2 Å². The van der Waals surface area contributed by atoms with Crippen LogP contribution < -0.4 is 10.1 Å². The lowest BCUT2D eigenvalue weighted by Gasteiger charge is -2.39. The van der Waals surface area contributed by atoms with Crippen molar-refractivity contribution in [2.45, 2.75) is 26.0 Å². The Balaban J connectivity index is 2.20. The van der Waals surface area contributed by atoms with Crippen molar-refractivity contribution in [2.24, 2.45) is 0 Å². The van der Waals surface area contributed by atoms with Gasteiger partial charge in [-0.3, -0.25) is 4.79 Å². The predicted molar refractivity (Wildman–Crippen MR) is 71.1 cm³/mol. The maximum atomic E-state index is 12.5. The van der Waals surface area contributed by atoms with Crippen molar-refractivity contribution in [3.63, 3.8) is 0 Å². The van der Waals surface area contributed by atoms with Gasteiger partial charge >= 0.3 is 6.61 Å². The van der Waals surface area contributed by atoms with Crippen molar-refractivity contribution in [3.8, 4) is 5.75 Å². The van der Waals surface area contributed by atoms with E-state index < -0.39 is 6.61 Å². The summed E-state index contributed by atoms with van der Waals surface area (Å²) in [5, 5.41) is 3.30. The molecule has 0 radical (unpaired) electrons. The number of rotatable bonds is 3. The molecule has 1 amide bonds. The van der Waals surface area contributed by atoms with Crippen LogP contribution in [0, 0.1) is 0 Å². The molecule has 110 valence electrons. The van der Waals surface area contributed by atoms with Gasteiger partial charge in [-0.05, 0) is 26.0 Å². The number of piperazine rings is 1. The van der Waals surface area contributed by atoms with E-state index in [0.717, 1.165) is 0 Å². The molecule has 1 N–H and O–H groups in total. The van der Waals surface area contributed by atoms with E-state index in [-0.39, 0.29) is 22.8 Å². The molecule has 1 aromatic rings. The van der Waals surface area contributed by atoms with E-state index in [1.807, 2.05) is 13.8 Å². The number of alkyl halides is 2. The van der Waals surface area contributed by atoms with E-state index in [9.17, 15) is 13.6 Å². The second kappa shape index (κ2) is 5.75. The molecule has 0 atom stereocenters. The normalized spacial score (nSPS) is 18.1. The Morgan fingerprint density at radius 2 is 2.10 bits per heavy atom. The SMILES string of the molecule is CC1(C)CN(C(=O)c2ccccc2OC(F)F)CCN1. The molecule has 0 aromatic heterocycles. The Morgan fingerprint density at radius 3 is 2.75 bits per heavy atom. The average Bonchev–Trinajstić information content (AvgIpc) is 2.36. The Bertz CT molecular complexity index is 492. The topological polar surface area (TPSA) is 41.6 Å². The number of carbonyl (C=O) groups is 1. The van der Waals surface area contributed by atoms with Crippen LogP contribution in [0.2, 0.25) is 0 Å². The van der Waals surface area contributed by atoms with Gasteiger partial charge in [0.1, 0.15) is 5.75 Å². The van der Waals surface area contributed by atoms with Gasteiger partial charge in [0.15, 0.2) is 0 Å². The minimum absolute atomic E-state index is 0.0798. The van der Waals surface area contributed by atoms with Crippen LogP contribution >= 0.6 is 0 Å². The van der Waals surface area contributed by atoms with Crippen molar-refractivity contribution in [1.82, 2.24) is 10.2 Å². The van der Waals surface area contributed by atoms with Gasteiger partial charge in [0.25, 0.3) is 5.91 Å². The zero-order chi connectivity index (χ0) is 14.8. The first-order chi connectivity index (χ1) is 9.39. The molecule has 0 bridgehead atoms. The highest BCUT2D eigenvalue weighted by molar-refractivity contribution is 5.97. The summed E-state index contributed by atoms with van der Waals surface area (Å²) >= 11 is 0. The van der Waals surface area contributed by atoms with E-state index in [2.05, 4.69) is 10.1 Å². The smallest absolute Gasteiger partial charge is 0.387 e. The number of carbonyl (C=O) groups excluding carboxylic acids is 1. The molecule has 6 heteroatoms. The van der Waals surface area contributed by atoms with Crippen molar-refractivity contribution in [3.05, 3.63) is 29.8 Å². The second-order valence-corrected chi connectivity index (χ2v) is 5.41. The molecule has 1 aliphatic heterocycles. The number of nitrogens with one attached hydrogen (secondary N) is 1. The maximum Gasteiger partial charge on any atom is 0.387 e. The third-order valence-electron chi connectivity index (χ3n) is 3.19. The van der Waals surface area contributed by atoms with Crippen molar-refractivity contribution >= 4 is 5.91 Å². The Labute approximate surface area is 116 Å². The van der Waals surface area contributed by atoms with E-state index in [1.54, 1.807) is 17.0 Å². The van der Waals surface area contributed by atoms with Gasteiger partial charge in [-0.15, -0.1) is 0 Å². The molecule has 0 unspecified atom stereocenters. The molecule has 0 aliphatic carbocycles. The van der Waals surface area contributed by atoms with Gasteiger partial charge in [-0.1, -0.05) is 12.1 Å². The summed E-state index contributed by atoms with van der Waals surface area (Å²) in [6, 6.07) is 6.09. The minimum Gasteiger partial charge on any atom is -0.434 e. The zero-order valence-corrected chi connectivity index (χ0v) is 11.5. The lowest BCUT2D eigenvalue weighted by Crippen LogP contribution is -2.58. The van der Waals surface area contributed by atoms with E-state index in [4.69, 9.17) is 0 Å². The van der Waals surface area contributed by atoms with Gasteiger partial charge < -0.3 is 15.0 Å². The summed E-state index contributed by atoms with van der Waals surface area (Å²) in [4.78, 5) is 14.1. The summed E-state index contributed by atoms with van der Waals surface area (Å²) in [5.41, 5.74) is -0.0163. The highest BCUT2D eigenvalue weighted by Gasteiger charge is 2.30. The Morgan fingerprint density at radius 1 is 1.40 bits per heavy atom. The van der Waals surface area contributed by atoms with Crippen LogP contribution in [0.3, 0.4) is 0 Å². The molecule has 2 rings (SSSR count). The molecule has 20 heavy (non-hydrogen) atoms. The largest absolute Gasteiger partial charge is 0.434 e. The predicted octanol–water partition coefficient (Wildman–Crippen LogP) is 2.11. The van der Waals surface area contributed by atoms with Crippen LogP contribution in [0.15, 0.2) is 24.3 Å². The Hall–Kier alpha value is -1.69. The summed E-state index contributed by atoms with van der Waals surface area (Å²) < 4.78 is 29.2. The number of hydrogen-bond acceptors (Lipinski definition) is 3. The lowest BCUT2D eigenvalue weighted by molar-refractivity contribution is -0.0503. The van der Waals surface area contributed by atoms with Gasteiger partial charge in [0.2, 0.25) is 0 Å². The third kappa shape index (κ3) is 3.45. The first kappa shape index (κ1) is 14.7. The molecular weight excluding hydrogens is 266 g/mol. The highest BCUT2D eigenvalue weighted by atomic mass is 19.3. The number of para-hydroxylation sites is 1. The molecule has 4 nitrogen and oxygen atoms in total. The summed E-state index contributed by atoms with van der Waals surface area (Å²) in [6.07, 6.45) is 0. The number of hydrogen-bond donors (Lipinski definition) is 1. The highest BCUT2D eigenvalue weighted by Crippen LogP contribution is 2.23. The standard InChI is InChI=1S/C14H18F2N2O2/c1-14(2)9-18(8-7-17-14)12(19)10-5-3-4-6-11(10)20-13(15)16/h3-6,13,17H,7-9H2,1-2H3. The van der Waals surface area contributed by atoms with E-state index >= 15 is 0 Å². The number of amides is 1. The van der Waals surface area contributed by atoms with Crippen molar-refractivity contribution < 1.29 is 18.3 Å². The van der Waals surface area contributed by atoms with E-state index in [0.29, 0.717) is 19.6 Å².